The van der Waals surface area contributed by atoms with Gasteiger partial charge >= 0.3 is 0 Å². The molecular weight excluding hydrogens is 513 g/mol. The van der Waals surface area contributed by atoms with Gasteiger partial charge in [-0.3, -0.25) is 9.59 Å². The Balaban J connectivity index is 1.54. The molecule has 0 radical (unpaired) electrons. The average molecular weight is 535 g/mol. The van der Waals surface area contributed by atoms with E-state index in [0.29, 0.717) is 17.9 Å². The van der Waals surface area contributed by atoms with Crippen LogP contribution in [0.3, 0.4) is 0 Å². The van der Waals surface area contributed by atoms with Gasteiger partial charge in [-0.2, -0.15) is 0 Å². The van der Waals surface area contributed by atoms with Crippen LogP contribution >= 0.6 is 22.6 Å². The fourth-order valence-electron chi connectivity index (χ4n) is 4.55. The summed E-state index contributed by atoms with van der Waals surface area (Å²) in [6.45, 7) is 0.538. The minimum Gasteiger partial charge on any atom is -0.398 e. The van der Waals surface area contributed by atoms with Gasteiger partial charge in [0, 0.05) is 26.9 Å². The van der Waals surface area contributed by atoms with Crippen LogP contribution in [0.4, 0.5) is 11.4 Å². The number of rotatable bonds is 4. The third-order valence-corrected chi connectivity index (χ3v) is 6.75. The minimum absolute atomic E-state index is 0.101. The van der Waals surface area contributed by atoms with E-state index in [1.54, 1.807) is 28.8 Å². The van der Waals surface area contributed by atoms with Crippen molar-refractivity contribution >= 4 is 50.8 Å². The van der Waals surface area contributed by atoms with Gasteiger partial charge in [0.15, 0.2) is 0 Å². The highest BCUT2D eigenvalue weighted by Gasteiger charge is 2.24. The molecule has 3 N–H and O–H groups in total. The number of fused-ring (bicyclic) bond motifs is 2. The number of carbonyl (C=O) groups excluding carboxylic acids is 1. The van der Waals surface area contributed by atoms with Crippen molar-refractivity contribution in [3.05, 3.63) is 103 Å². The highest BCUT2D eigenvalue weighted by molar-refractivity contribution is 14.1. The molecule has 1 heterocycles. The quantitative estimate of drug-likeness (QED) is 0.290. The van der Waals surface area contributed by atoms with Crippen LogP contribution in [0.5, 0.6) is 0 Å². The molecule has 0 fully saturated rings. The summed E-state index contributed by atoms with van der Waals surface area (Å²) in [4.78, 5) is 26.5. The highest BCUT2D eigenvalue weighted by atomic mass is 127. The van der Waals surface area contributed by atoms with Crippen LogP contribution in [0.2, 0.25) is 0 Å². The number of anilines is 2. The molecule has 160 valence electrons. The van der Waals surface area contributed by atoms with Crippen molar-refractivity contribution < 1.29 is 4.79 Å². The summed E-state index contributed by atoms with van der Waals surface area (Å²) in [5, 5.41) is 3.55. The van der Waals surface area contributed by atoms with Gasteiger partial charge < -0.3 is 15.6 Å². The minimum atomic E-state index is -0.427. The van der Waals surface area contributed by atoms with Gasteiger partial charge in [-0.25, -0.2) is 0 Å². The van der Waals surface area contributed by atoms with E-state index in [9.17, 15) is 9.59 Å². The van der Waals surface area contributed by atoms with E-state index >= 15 is 0 Å². The molecule has 0 bridgehead atoms. The van der Waals surface area contributed by atoms with Crippen molar-refractivity contribution in [2.24, 2.45) is 5.92 Å². The van der Waals surface area contributed by atoms with Crippen LogP contribution in [0.15, 0.2) is 77.6 Å². The van der Waals surface area contributed by atoms with Crippen molar-refractivity contribution in [2.45, 2.75) is 19.4 Å². The number of nitrogens with zero attached hydrogens (tertiary/aromatic N) is 1. The van der Waals surface area contributed by atoms with Gasteiger partial charge in [0.1, 0.15) is 5.56 Å². The molecule has 1 aliphatic rings. The van der Waals surface area contributed by atoms with Crippen LogP contribution in [0.25, 0.3) is 10.9 Å². The summed E-state index contributed by atoms with van der Waals surface area (Å²) in [5.74, 6) is -0.137. The maximum atomic E-state index is 13.5. The van der Waals surface area contributed by atoms with E-state index < -0.39 is 5.91 Å². The number of hydrogen-bond donors (Lipinski definition) is 2. The Morgan fingerprint density at radius 3 is 2.59 bits per heavy atom. The number of aromatic nitrogens is 1. The number of amides is 1. The molecule has 6 heteroatoms. The number of carbonyl (C=O) groups is 1. The van der Waals surface area contributed by atoms with E-state index in [1.807, 2.05) is 30.3 Å². The predicted octanol–water partition coefficient (Wildman–Crippen LogP) is 4.86. The number of nitrogens with one attached hydrogen (secondary N) is 1. The van der Waals surface area contributed by atoms with Crippen LogP contribution in [-0.2, 0) is 19.4 Å². The van der Waals surface area contributed by atoms with Crippen LogP contribution in [-0.4, -0.2) is 10.5 Å². The predicted molar refractivity (Wildman–Crippen MR) is 137 cm³/mol. The SMILES string of the molecule is Nc1cccc2c1cc(C(=O)Nc1ccccc1)c(=O)n2CC1Cc2ccc(I)cc2C1. The summed E-state index contributed by atoms with van der Waals surface area (Å²) >= 11 is 2.33. The zero-order chi connectivity index (χ0) is 22.2. The van der Waals surface area contributed by atoms with Crippen molar-refractivity contribution in [1.29, 1.82) is 0 Å². The van der Waals surface area contributed by atoms with Crippen molar-refractivity contribution in [1.82, 2.24) is 4.57 Å². The van der Waals surface area contributed by atoms with Crippen LogP contribution in [0.1, 0.15) is 21.5 Å². The van der Waals surface area contributed by atoms with E-state index in [-0.39, 0.29) is 17.0 Å². The van der Waals surface area contributed by atoms with Crippen LogP contribution in [0, 0.1) is 9.49 Å². The molecule has 1 atom stereocenters. The Kier molecular flexibility index (Phi) is 5.46. The lowest BCUT2D eigenvalue weighted by Crippen LogP contribution is -2.31. The molecule has 0 spiro atoms. The number of para-hydroxylation sites is 1. The molecule has 0 saturated heterocycles. The topological polar surface area (TPSA) is 77.1 Å². The second kappa shape index (κ2) is 8.43. The first-order valence-corrected chi connectivity index (χ1v) is 11.6. The summed E-state index contributed by atoms with van der Waals surface area (Å²) in [6.07, 6.45) is 1.84. The maximum Gasteiger partial charge on any atom is 0.263 e. The Bertz CT molecular complexity index is 1400. The zero-order valence-corrected chi connectivity index (χ0v) is 19.5. The van der Waals surface area contributed by atoms with E-state index in [4.69, 9.17) is 5.73 Å². The van der Waals surface area contributed by atoms with Gasteiger partial charge in [0.05, 0.1) is 5.52 Å². The number of nitrogen functional groups attached to an aromatic ring is 1. The second-order valence-electron chi connectivity index (χ2n) is 8.26. The number of benzene rings is 3. The van der Waals surface area contributed by atoms with E-state index in [0.717, 1.165) is 23.7 Å². The number of pyridine rings is 1. The first kappa shape index (κ1) is 20.8. The van der Waals surface area contributed by atoms with Gasteiger partial charge in [-0.05, 0) is 94.9 Å². The molecule has 4 aromatic rings. The van der Waals surface area contributed by atoms with Gasteiger partial charge in [-0.1, -0.05) is 30.3 Å². The maximum absolute atomic E-state index is 13.5. The lowest BCUT2D eigenvalue weighted by molar-refractivity contribution is 0.102. The standard InChI is InChI=1S/C26H22IN3O2/c27-19-10-9-17-11-16(12-18(17)13-19)15-30-24-8-4-7-23(28)21(24)14-22(26(30)32)25(31)29-20-5-2-1-3-6-20/h1-10,13-14,16H,11-12,15,28H2,(H,29,31). The molecule has 1 amide bonds. The van der Waals surface area contributed by atoms with Crippen molar-refractivity contribution in [2.75, 3.05) is 11.1 Å². The molecule has 1 unspecified atom stereocenters. The van der Waals surface area contributed by atoms with Gasteiger partial charge in [0.2, 0.25) is 0 Å². The Hall–Kier alpha value is -3.13. The van der Waals surface area contributed by atoms with Gasteiger partial charge in [0.25, 0.3) is 11.5 Å². The first-order chi connectivity index (χ1) is 15.5. The third-order valence-electron chi connectivity index (χ3n) is 6.07. The summed E-state index contributed by atoms with van der Waals surface area (Å²) in [7, 11) is 0. The molecule has 1 aliphatic carbocycles. The molecule has 5 rings (SSSR count). The summed E-state index contributed by atoms with van der Waals surface area (Å²) in [5.41, 5.74) is 10.7. The molecule has 1 aromatic heterocycles. The molecule has 5 nitrogen and oxygen atoms in total. The third kappa shape index (κ3) is 3.90. The Labute approximate surface area is 199 Å². The average Bonchev–Trinajstić information content (AvgIpc) is 3.18. The second-order valence-corrected chi connectivity index (χ2v) is 9.51. The summed E-state index contributed by atoms with van der Waals surface area (Å²) in [6, 6.07) is 22.8. The fraction of sp³-hybridized carbons (Fsp3) is 0.154. The number of hydrogen-bond acceptors (Lipinski definition) is 3. The van der Waals surface area contributed by atoms with Crippen molar-refractivity contribution in [3.63, 3.8) is 0 Å². The number of nitrogens with two attached hydrogens (primary N) is 1. The Morgan fingerprint density at radius 2 is 1.78 bits per heavy atom. The Morgan fingerprint density at radius 1 is 1.00 bits per heavy atom. The van der Waals surface area contributed by atoms with E-state index in [1.165, 1.54) is 14.7 Å². The zero-order valence-electron chi connectivity index (χ0n) is 17.3. The normalized spacial score (nSPS) is 15.0. The van der Waals surface area contributed by atoms with Crippen LogP contribution < -0.4 is 16.6 Å². The molecule has 32 heavy (non-hydrogen) atoms. The monoisotopic (exact) mass is 535 g/mol. The molecule has 0 saturated carbocycles. The highest BCUT2D eigenvalue weighted by Crippen LogP contribution is 2.30. The van der Waals surface area contributed by atoms with Gasteiger partial charge in [-0.15, -0.1) is 0 Å². The number of halogens is 1. The summed E-state index contributed by atoms with van der Waals surface area (Å²) < 4.78 is 2.95. The molecule has 0 aliphatic heterocycles. The van der Waals surface area contributed by atoms with E-state index in [2.05, 4.69) is 46.1 Å². The lowest BCUT2D eigenvalue weighted by Gasteiger charge is -2.17. The van der Waals surface area contributed by atoms with Crippen molar-refractivity contribution in [3.8, 4) is 0 Å². The molecule has 3 aromatic carbocycles. The fourth-order valence-corrected chi connectivity index (χ4v) is 5.11. The molecular formula is C26H22IN3O2. The smallest absolute Gasteiger partial charge is 0.263 e. The lowest BCUT2D eigenvalue weighted by atomic mass is 10.0. The first-order valence-electron chi connectivity index (χ1n) is 10.6. The largest absolute Gasteiger partial charge is 0.398 e.